The maximum absolute atomic E-state index is 11.5. The van der Waals surface area contributed by atoms with E-state index in [9.17, 15) is 4.79 Å². The van der Waals surface area contributed by atoms with Gasteiger partial charge in [-0.2, -0.15) is 0 Å². The van der Waals surface area contributed by atoms with Crippen LogP contribution in [0.1, 0.15) is 0 Å². The second-order valence-electron chi connectivity index (χ2n) is 4.43. The highest BCUT2D eigenvalue weighted by atomic mass is 16.2. The van der Waals surface area contributed by atoms with Gasteiger partial charge in [0.05, 0.1) is 13.1 Å². The van der Waals surface area contributed by atoms with Crippen molar-refractivity contribution in [1.29, 1.82) is 0 Å². The molecule has 1 aliphatic heterocycles. The fourth-order valence-corrected chi connectivity index (χ4v) is 2.08. The highest BCUT2D eigenvalue weighted by Crippen LogP contribution is 2.11. The normalized spacial score (nSPS) is 15.8. The molecule has 1 aromatic rings. The van der Waals surface area contributed by atoms with Gasteiger partial charge in [-0.25, -0.2) is 4.98 Å². The number of rotatable bonds is 4. The second kappa shape index (κ2) is 6.76. The molecule has 19 heavy (non-hydrogen) atoms. The first-order valence-electron chi connectivity index (χ1n) is 6.38. The number of hydrogen-bond donors (Lipinski definition) is 1. The number of pyridine rings is 1. The van der Waals surface area contributed by atoms with E-state index in [0.717, 1.165) is 32.0 Å². The van der Waals surface area contributed by atoms with Crippen LogP contribution in [0.3, 0.4) is 0 Å². The van der Waals surface area contributed by atoms with Crippen molar-refractivity contribution in [2.24, 2.45) is 0 Å². The van der Waals surface area contributed by atoms with Crippen LogP contribution in [0.25, 0.3) is 0 Å². The number of carbonyl (C=O) groups is 1. The highest BCUT2D eigenvalue weighted by molar-refractivity contribution is 5.78. The van der Waals surface area contributed by atoms with Gasteiger partial charge in [-0.3, -0.25) is 9.69 Å². The van der Waals surface area contributed by atoms with Gasteiger partial charge >= 0.3 is 0 Å². The molecule has 0 radical (unpaired) electrons. The largest absolute Gasteiger partial charge is 0.354 e. The first-order chi connectivity index (χ1) is 9.29. The summed E-state index contributed by atoms with van der Waals surface area (Å²) in [6, 6.07) is 5.91. The van der Waals surface area contributed by atoms with Crippen LogP contribution in [-0.2, 0) is 4.79 Å². The minimum atomic E-state index is -0.00997. The molecule has 5 nitrogen and oxygen atoms in total. The third-order valence-electron chi connectivity index (χ3n) is 3.10. The van der Waals surface area contributed by atoms with Crippen LogP contribution in [0.5, 0.6) is 0 Å². The number of nitrogens with zero attached hydrogens (tertiary/aromatic N) is 3. The lowest BCUT2D eigenvalue weighted by Gasteiger charge is -2.34. The van der Waals surface area contributed by atoms with Gasteiger partial charge in [0.25, 0.3) is 0 Å². The van der Waals surface area contributed by atoms with Crippen LogP contribution in [0.4, 0.5) is 5.82 Å². The van der Waals surface area contributed by atoms with Gasteiger partial charge in [0.1, 0.15) is 5.82 Å². The summed E-state index contributed by atoms with van der Waals surface area (Å²) in [6.07, 6.45) is 6.90. The standard InChI is InChI=1S/C14H18N4O/c1-2-6-16-14(19)12-17-8-10-18(11-9-17)13-5-3-4-7-15-13/h1,3-5,7H,6,8-12H2,(H,16,19). The number of anilines is 1. The van der Waals surface area contributed by atoms with Gasteiger partial charge in [0, 0.05) is 32.4 Å². The van der Waals surface area contributed by atoms with Gasteiger partial charge in [0.15, 0.2) is 0 Å². The van der Waals surface area contributed by atoms with Crippen molar-refractivity contribution in [3.05, 3.63) is 24.4 Å². The van der Waals surface area contributed by atoms with E-state index < -0.39 is 0 Å². The molecule has 2 heterocycles. The molecule has 0 unspecified atom stereocenters. The summed E-state index contributed by atoms with van der Waals surface area (Å²) >= 11 is 0. The lowest BCUT2D eigenvalue weighted by Crippen LogP contribution is -2.49. The van der Waals surface area contributed by atoms with Crippen LogP contribution in [-0.4, -0.2) is 55.1 Å². The number of aromatic nitrogens is 1. The molecule has 1 aliphatic rings. The summed E-state index contributed by atoms with van der Waals surface area (Å²) < 4.78 is 0. The Hall–Kier alpha value is -2.06. The van der Waals surface area contributed by atoms with Gasteiger partial charge < -0.3 is 10.2 Å². The molecule has 0 saturated carbocycles. The average Bonchev–Trinajstić information content (AvgIpc) is 2.47. The summed E-state index contributed by atoms with van der Waals surface area (Å²) in [5.41, 5.74) is 0. The molecule has 0 bridgehead atoms. The van der Waals surface area contributed by atoms with Crippen LogP contribution in [0.15, 0.2) is 24.4 Å². The van der Waals surface area contributed by atoms with E-state index in [1.165, 1.54) is 0 Å². The van der Waals surface area contributed by atoms with Gasteiger partial charge in [-0.15, -0.1) is 6.42 Å². The van der Waals surface area contributed by atoms with Crippen molar-refractivity contribution < 1.29 is 4.79 Å². The molecule has 2 rings (SSSR count). The topological polar surface area (TPSA) is 48.5 Å². The van der Waals surface area contributed by atoms with Gasteiger partial charge in [-0.1, -0.05) is 12.0 Å². The maximum Gasteiger partial charge on any atom is 0.234 e. The molecule has 0 aromatic carbocycles. The second-order valence-corrected chi connectivity index (χ2v) is 4.43. The predicted octanol–water partition coefficient (Wildman–Crippen LogP) is -0.0470. The predicted molar refractivity (Wildman–Crippen MR) is 74.7 cm³/mol. The Morgan fingerprint density at radius 3 is 2.79 bits per heavy atom. The van der Waals surface area contributed by atoms with Crippen LogP contribution in [0.2, 0.25) is 0 Å². The molecular weight excluding hydrogens is 240 g/mol. The quantitative estimate of drug-likeness (QED) is 0.770. The molecule has 1 fully saturated rings. The molecule has 0 aliphatic carbocycles. The van der Waals surface area contributed by atoms with E-state index in [2.05, 4.69) is 26.0 Å². The number of hydrogen-bond acceptors (Lipinski definition) is 4. The molecule has 1 saturated heterocycles. The van der Waals surface area contributed by atoms with E-state index in [4.69, 9.17) is 6.42 Å². The van der Waals surface area contributed by atoms with Gasteiger partial charge in [-0.05, 0) is 12.1 Å². The number of amides is 1. The summed E-state index contributed by atoms with van der Waals surface area (Å²) in [6.45, 7) is 4.21. The number of nitrogens with one attached hydrogen (secondary N) is 1. The Kier molecular flexibility index (Phi) is 4.76. The molecule has 1 aromatic heterocycles. The van der Waals surface area contributed by atoms with Crippen LogP contribution in [0, 0.1) is 12.3 Å². The van der Waals surface area contributed by atoms with E-state index in [1.54, 1.807) is 6.20 Å². The Balaban J connectivity index is 1.77. The lowest BCUT2D eigenvalue weighted by molar-refractivity contribution is -0.122. The van der Waals surface area contributed by atoms with Crippen molar-refractivity contribution >= 4 is 11.7 Å². The fraction of sp³-hybridized carbons (Fsp3) is 0.429. The number of piperazine rings is 1. The molecule has 0 spiro atoms. The monoisotopic (exact) mass is 258 g/mol. The first kappa shape index (κ1) is 13.4. The van der Waals surface area contributed by atoms with Crippen LogP contribution < -0.4 is 10.2 Å². The highest BCUT2D eigenvalue weighted by Gasteiger charge is 2.19. The molecule has 5 heteroatoms. The Bertz CT molecular complexity index is 446. The van der Waals surface area contributed by atoms with Crippen molar-refractivity contribution in [3.8, 4) is 12.3 Å². The zero-order chi connectivity index (χ0) is 13.5. The zero-order valence-electron chi connectivity index (χ0n) is 10.9. The molecule has 1 amide bonds. The van der Waals surface area contributed by atoms with Crippen molar-refractivity contribution in [2.75, 3.05) is 44.2 Å². The lowest BCUT2D eigenvalue weighted by atomic mass is 10.3. The summed E-state index contributed by atoms with van der Waals surface area (Å²) in [7, 11) is 0. The first-order valence-corrected chi connectivity index (χ1v) is 6.38. The van der Waals surface area contributed by atoms with Crippen LogP contribution >= 0.6 is 0 Å². The third-order valence-corrected chi connectivity index (χ3v) is 3.10. The summed E-state index contributed by atoms with van der Waals surface area (Å²) in [4.78, 5) is 20.2. The van der Waals surface area contributed by atoms with E-state index in [-0.39, 0.29) is 5.91 Å². The number of terminal acetylenes is 1. The molecule has 100 valence electrons. The summed E-state index contributed by atoms with van der Waals surface area (Å²) in [5.74, 6) is 3.39. The summed E-state index contributed by atoms with van der Waals surface area (Å²) in [5, 5.41) is 2.68. The Labute approximate surface area is 113 Å². The van der Waals surface area contributed by atoms with E-state index in [1.807, 2.05) is 18.2 Å². The number of carbonyl (C=O) groups excluding carboxylic acids is 1. The maximum atomic E-state index is 11.5. The third kappa shape index (κ3) is 3.97. The van der Waals surface area contributed by atoms with Gasteiger partial charge in [0.2, 0.25) is 5.91 Å². The minimum absolute atomic E-state index is 0.00997. The van der Waals surface area contributed by atoms with Crippen molar-refractivity contribution in [2.45, 2.75) is 0 Å². The van der Waals surface area contributed by atoms with E-state index >= 15 is 0 Å². The molecule has 1 N–H and O–H groups in total. The van der Waals surface area contributed by atoms with Crippen molar-refractivity contribution in [3.63, 3.8) is 0 Å². The molecular formula is C14H18N4O. The molecule has 0 atom stereocenters. The minimum Gasteiger partial charge on any atom is -0.354 e. The fourth-order valence-electron chi connectivity index (χ4n) is 2.08. The average molecular weight is 258 g/mol. The Morgan fingerprint density at radius 2 is 2.16 bits per heavy atom. The van der Waals surface area contributed by atoms with Crippen molar-refractivity contribution in [1.82, 2.24) is 15.2 Å². The van der Waals surface area contributed by atoms with E-state index in [0.29, 0.717) is 13.1 Å². The Morgan fingerprint density at radius 1 is 1.37 bits per heavy atom. The smallest absolute Gasteiger partial charge is 0.234 e. The zero-order valence-corrected chi connectivity index (χ0v) is 10.9. The SMILES string of the molecule is C#CCNC(=O)CN1CCN(c2ccccn2)CC1.